The third kappa shape index (κ3) is 3.20. The molecule has 0 saturated heterocycles. The van der Waals surface area contributed by atoms with Gasteiger partial charge in [0.15, 0.2) is 0 Å². The molecule has 0 saturated carbocycles. The van der Waals surface area contributed by atoms with Gasteiger partial charge in [-0.15, -0.1) is 0 Å². The van der Waals surface area contributed by atoms with E-state index in [9.17, 15) is 13.2 Å². The molecule has 0 bridgehead atoms. The highest BCUT2D eigenvalue weighted by molar-refractivity contribution is 5.26. The van der Waals surface area contributed by atoms with E-state index in [0.29, 0.717) is 6.42 Å². The van der Waals surface area contributed by atoms with E-state index in [-0.39, 0.29) is 18.0 Å². The molecule has 0 aliphatic rings. The van der Waals surface area contributed by atoms with E-state index in [2.05, 4.69) is 4.98 Å². The Morgan fingerprint density at radius 1 is 1.47 bits per heavy atom. The van der Waals surface area contributed by atoms with Crippen molar-refractivity contribution >= 4 is 0 Å². The summed E-state index contributed by atoms with van der Waals surface area (Å²) in [4.78, 5) is 3.69. The molecule has 0 amide bonds. The zero-order valence-electron chi connectivity index (χ0n) is 8.38. The molecule has 15 heavy (non-hydrogen) atoms. The van der Waals surface area contributed by atoms with Gasteiger partial charge >= 0.3 is 6.18 Å². The van der Waals surface area contributed by atoms with Crippen molar-refractivity contribution in [3.05, 3.63) is 29.6 Å². The molecule has 0 aliphatic carbocycles. The quantitative estimate of drug-likeness (QED) is 0.845. The first kappa shape index (κ1) is 12.0. The predicted octanol–water partition coefficient (Wildman–Crippen LogP) is 2.38. The minimum atomic E-state index is -4.33. The van der Waals surface area contributed by atoms with Gasteiger partial charge < -0.3 is 5.73 Å². The Labute approximate surface area is 86.3 Å². The number of halogens is 3. The smallest absolute Gasteiger partial charge is 0.327 e. The molecule has 2 N–H and O–H groups in total. The Morgan fingerprint density at radius 3 is 2.67 bits per heavy atom. The third-order valence-electron chi connectivity index (χ3n) is 2.22. The summed E-state index contributed by atoms with van der Waals surface area (Å²) >= 11 is 0. The summed E-state index contributed by atoms with van der Waals surface area (Å²) in [5.41, 5.74) is 5.15. The van der Waals surface area contributed by atoms with Gasteiger partial charge in [0.05, 0.1) is 5.56 Å². The average molecular weight is 218 g/mol. The molecule has 84 valence electrons. The fraction of sp³-hybridized carbons (Fsp3) is 0.500. The highest BCUT2D eigenvalue weighted by Crippen LogP contribution is 2.31. The van der Waals surface area contributed by atoms with Crippen LogP contribution in [-0.2, 0) is 12.6 Å². The highest BCUT2D eigenvalue weighted by atomic mass is 19.4. The Bertz CT molecular complexity index is 323. The summed E-state index contributed by atoms with van der Waals surface area (Å²) in [6, 6.07) is 0.729. The molecule has 1 rings (SSSR count). The van der Waals surface area contributed by atoms with Crippen LogP contribution in [0.5, 0.6) is 0 Å². The third-order valence-corrected chi connectivity index (χ3v) is 2.22. The molecule has 1 aromatic rings. The molecule has 0 aliphatic heterocycles. The number of alkyl halides is 3. The van der Waals surface area contributed by atoms with Gasteiger partial charge in [0.2, 0.25) is 0 Å². The molecule has 1 aromatic heterocycles. The van der Waals surface area contributed by atoms with Crippen LogP contribution >= 0.6 is 0 Å². The maximum Gasteiger partial charge on any atom is 0.416 e. The van der Waals surface area contributed by atoms with Crippen LogP contribution in [0.3, 0.4) is 0 Å². The number of rotatable bonds is 3. The van der Waals surface area contributed by atoms with Gasteiger partial charge in [0, 0.05) is 18.4 Å². The zero-order chi connectivity index (χ0) is 11.5. The second-order valence-electron chi connectivity index (χ2n) is 3.40. The van der Waals surface area contributed by atoms with Gasteiger partial charge in [0.1, 0.15) is 0 Å². The lowest BCUT2D eigenvalue weighted by Gasteiger charge is -2.14. The van der Waals surface area contributed by atoms with Gasteiger partial charge in [-0.2, -0.15) is 13.2 Å². The molecule has 0 fully saturated rings. The minimum absolute atomic E-state index is 0.166. The Balaban J connectivity index is 2.97. The minimum Gasteiger partial charge on any atom is -0.327 e. The van der Waals surface area contributed by atoms with Gasteiger partial charge in [-0.25, -0.2) is 0 Å². The lowest BCUT2D eigenvalue weighted by atomic mass is 10.0. The number of nitrogens with zero attached hydrogens (tertiary/aromatic N) is 1. The highest BCUT2D eigenvalue weighted by Gasteiger charge is 2.33. The number of hydrogen-bond acceptors (Lipinski definition) is 2. The fourth-order valence-electron chi connectivity index (χ4n) is 1.29. The first-order chi connectivity index (χ1) is 6.95. The van der Waals surface area contributed by atoms with Crippen LogP contribution in [0.2, 0.25) is 0 Å². The summed E-state index contributed by atoms with van der Waals surface area (Å²) in [5.74, 6) is 0. The van der Waals surface area contributed by atoms with Crippen molar-refractivity contribution in [1.82, 2.24) is 4.98 Å². The van der Waals surface area contributed by atoms with Crippen molar-refractivity contribution in [2.24, 2.45) is 5.73 Å². The molecular weight excluding hydrogens is 205 g/mol. The van der Waals surface area contributed by atoms with Crippen LogP contribution in [0.1, 0.15) is 24.5 Å². The summed E-state index contributed by atoms with van der Waals surface area (Å²) in [7, 11) is 0. The van der Waals surface area contributed by atoms with E-state index in [1.807, 2.05) is 6.92 Å². The van der Waals surface area contributed by atoms with Gasteiger partial charge in [0.25, 0.3) is 0 Å². The molecule has 0 spiro atoms. The number of pyridine rings is 1. The topological polar surface area (TPSA) is 38.9 Å². The van der Waals surface area contributed by atoms with Crippen molar-refractivity contribution < 1.29 is 13.2 Å². The Hall–Kier alpha value is -1.10. The van der Waals surface area contributed by atoms with Crippen molar-refractivity contribution in [3.63, 3.8) is 0 Å². The normalized spacial score (nSPS) is 13.9. The van der Waals surface area contributed by atoms with Crippen molar-refractivity contribution in [2.75, 3.05) is 0 Å². The van der Waals surface area contributed by atoms with Crippen LogP contribution in [0.4, 0.5) is 13.2 Å². The monoisotopic (exact) mass is 218 g/mol. The number of nitrogens with two attached hydrogens (primary N) is 1. The first-order valence-electron chi connectivity index (χ1n) is 4.70. The lowest BCUT2D eigenvalue weighted by molar-refractivity contribution is -0.138. The fourth-order valence-corrected chi connectivity index (χ4v) is 1.29. The maximum atomic E-state index is 12.5. The molecule has 1 unspecified atom stereocenters. The summed E-state index contributed by atoms with van der Waals surface area (Å²) in [6.07, 6.45) is -1.10. The Kier molecular flexibility index (Phi) is 3.68. The first-order valence-corrected chi connectivity index (χ1v) is 4.70. The van der Waals surface area contributed by atoms with Gasteiger partial charge in [-0.05, 0) is 24.5 Å². The molecule has 1 atom stereocenters. The van der Waals surface area contributed by atoms with Crippen LogP contribution in [0.25, 0.3) is 0 Å². The molecule has 2 nitrogen and oxygen atoms in total. The SMILES string of the molecule is CCC(N)Cc1cnccc1C(F)(F)F. The molecule has 1 heterocycles. The zero-order valence-corrected chi connectivity index (χ0v) is 8.38. The van der Waals surface area contributed by atoms with Crippen molar-refractivity contribution in [2.45, 2.75) is 32.0 Å². The van der Waals surface area contributed by atoms with E-state index < -0.39 is 11.7 Å². The van der Waals surface area contributed by atoms with Crippen molar-refractivity contribution in [1.29, 1.82) is 0 Å². The summed E-state index contributed by atoms with van der Waals surface area (Å²) < 4.78 is 37.6. The van der Waals surface area contributed by atoms with Gasteiger partial charge in [-0.3, -0.25) is 4.98 Å². The molecule has 5 heteroatoms. The van der Waals surface area contributed by atoms with E-state index in [1.165, 1.54) is 6.20 Å². The van der Waals surface area contributed by atoms with E-state index >= 15 is 0 Å². The van der Waals surface area contributed by atoms with Gasteiger partial charge in [-0.1, -0.05) is 6.92 Å². The average Bonchev–Trinajstić information content (AvgIpc) is 2.17. The van der Waals surface area contributed by atoms with Crippen molar-refractivity contribution in [3.8, 4) is 0 Å². The molecular formula is C10H13F3N2. The Morgan fingerprint density at radius 2 is 2.13 bits per heavy atom. The van der Waals surface area contributed by atoms with E-state index in [1.54, 1.807) is 0 Å². The van der Waals surface area contributed by atoms with Crippen LogP contribution in [-0.4, -0.2) is 11.0 Å². The lowest BCUT2D eigenvalue weighted by Crippen LogP contribution is -2.23. The molecule has 0 aromatic carbocycles. The number of hydrogen-bond donors (Lipinski definition) is 1. The summed E-state index contributed by atoms with van der Waals surface area (Å²) in [6.45, 7) is 1.84. The van der Waals surface area contributed by atoms with Crippen LogP contribution < -0.4 is 5.73 Å². The largest absolute Gasteiger partial charge is 0.416 e. The summed E-state index contributed by atoms with van der Waals surface area (Å²) in [5, 5.41) is 0. The van der Waals surface area contributed by atoms with Crippen LogP contribution in [0, 0.1) is 0 Å². The second kappa shape index (κ2) is 4.61. The standard InChI is InChI=1S/C10H13F3N2/c1-2-8(14)5-7-6-15-4-3-9(7)10(11,12)13/h3-4,6,8H,2,5,14H2,1H3. The van der Waals surface area contributed by atoms with E-state index in [4.69, 9.17) is 5.73 Å². The maximum absolute atomic E-state index is 12.5. The van der Waals surface area contributed by atoms with Crippen LogP contribution in [0.15, 0.2) is 18.5 Å². The number of aromatic nitrogens is 1. The van der Waals surface area contributed by atoms with E-state index in [0.717, 1.165) is 12.3 Å². The molecule has 0 radical (unpaired) electrons. The second-order valence-corrected chi connectivity index (χ2v) is 3.40. The predicted molar refractivity (Wildman–Crippen MR) is 51.2 cm³/mol.